The van der Waals surface area contributed by atoms with Crippen LogP contribution in [0.25, 0.3) is 0 Å². The average Bonchev–Trinajstić information content (AvgIpc) is 2.48. The maximum Gasteiger partial charge on any atom is 0.132 e. The molecule has 112 valence electrons. The molecule has 0 bridgehead atoms. The average molecular weight is 350 g/mol. The summed E-state index contributed by atoms with van der Waals surface area (Å²) in [5.41, 5.74) is 1.97. The first-order valence-corrected chi connectivity index (χ1v) is 7.84. The Morgan fingerprint density at radius 2 is 2.00 bits per heavy atom. The van der Waals surface area contributed by atoms with E-state index >= 15 is 0 Å². The predicted octanol–water partition coefficient (Wildman–Crippen LogP) is 4.40. The Labute approximate surface area is 134 Å². The molecule has 0 saturated heterocycles. The van der Waals surface area contributed by atoms with Crippen LogP contribution in [0.3, 0.4) is 0 Å². The fourth-order valence-corrected chi connectivity index (χ4v) is 2.90. The van der Waals surface area contributed by atoms with E-state index in [1.165, 1.54) is 5.56 Å². The Bertz CT molecular complexity index is 601. The molecule has 2 aromatic carbocycles. The van der Waals surface area contributed by atoms with Gasteiger partial charge in [0.2, 0.25) is 0 Å². The van der Waals surface area contributed by atoms with E-state index in [1.807, 2.05) is 42.5 Å². The number of aliphatic hydroxyl groups excluding tert-OH is 1. The number of aliphatic hydroxyl groups is 1. The Morgan fingerprint density at radius 1 is 1.24 bits per heavy atom. The summed E-state index contributed by atoms with van der Waals surface area (Å²) in [6.07, 6.45) is 0. The zero-order valence-electron chi connectivity index (χ0n) is 12.3. The first-order chi connectivity index (χ1) is 10.2. The summed E-state index contributed by atoms with van der Waals surface area (Å²) >= 11 is 3.60. The third-order valence-electron chi connectivity index (χ3n) is 3.32. The smallest absolute Gasteiger partial charge is 0.132 e. The van der Waals surface area contributed by atoms with Crippen molar-refractivity contribution in [2.45, 2.75) is 26.5 Å². The highest BCUT2D eigenvalue weighted by atomic mass is 79.9. The van der Waals surface area contributed by atoms with Crippen LogP contribution in [0.4, 0.5) is 0 Å². The molecule has 0 aromatic heterocycles. The van der Waals surface area contributed by atoms with Gasteiger partial charge in [0.25, 0.3) is 0 Å². The van der Waals surface area contributed by atoms with Crippen LogP contribution in [0, 0.1) is 0 Å². The SMILES string of the molecule is CCNC(C)c1ccc(Oc2ccccc2CO)cc1Br. The van der Waals surface area contributed by atoms with Gasteiger partial charge in [0.05, 0.1) is 6.61 Å². The molecule has 4 heteroatoms. The number of hydrogen-bond acceptors (Lipinski definition) is 3. The number of rotatable bonds is 6. The van der Waals surface area contributed by atoms with Crippen molar-refractivity contribution in [3.05, 3.63) is 58.1 Å². The molecule has 0 aliphatic carbocycles. The zero-order chi connectivity index (χ0) is 15.2. The molecule has 21 heavy (non-hydrogen) atoms. The molecule has 0 radical (unpaired) electrons. The lowest BCUT2D eigenvalue weighted by atomic mass is 10.1. The molecular formula is C17H20BrNO2. The molecule has 0 amide bonds. The van der Waals surface area contributed by atoms with Crippen LogP contribution in [-0.2, 0) is 6.61 Å². The predicted molar refractivity (Wildman–Crippen MR) is 88.7 cm³/mol. The number of nitrogens with one attached hydrogen (secondary N) is 1. The van der Waals surface area contributed by atoms with Gasteiger partial charge in [-0.1, -0.05) is 47.1 Å². The minimum absolute atomic E-state index is 0.0348. The van der Waals surface area contributed by atoms with E-state index in [9.17, 15) is 5.11 Å². The maximum absolute atomic E-state index is 9.33. The van der Waals surface area contributed by atoms with Gasteiger partial charge in [-0.05, 0) is 37.2 Å². The van der Waals surface area contributed by atoms with Crippen LogP contribution in [-0.4, -0.2) is 11.7 Å². The van der Waals surface area contributed by atoms with Crippen molar-refractivity contribution in [2.24, 2.45) is 0 Å². The van der Waals surface area contributed by atoms with Gasteiger partial charge in [-0.15, -0.1) is 0 Å². The van der Waals surface area contributed by atoms with E-state index < -0.39 is 0 Å². The quantitative estimate of drug-likeness (QED) is 0.811. The van der Waals surface area contributed by atoms with E-state index in [4.69, 9.17) is 4.74 Å². The van der Waals surface area contributed by atoms with Gasteiger partial charge < -0.3 is 15.2 Å². The van der Waals surface area contributed by atoms with Crippen LogP contribution < -0.4 is 10.1 Å². The second-order valence-corrected chi connectivity index (χ2v) is 5.68. The second-order valence-electron chi connectivity index (χ2n) is 4.83. The minimum atomic E-state index is -0.0348. The van der Waals surface area contributed by atoms with E-state index in [-0.39, 0.29) is 12.6 Å². The molecule has 0 fully saturated rings. The van der Waals surface area contributed by atoms with Gasteiger partial charge in [0.1, 0.15) is 11.5 Å². The summed E-state index contributed by atoms with van der Waals surface area (Å²) < 4.78 is 6.87. The lowest BCUT2D eigenvalue weighted by Crippen LogP contribution is -2.18. The Morgan fingerprint density at radius 3 is 2.67 bits per heavy atom. The third-order valence-corrected chi connectivity index (χ3v) is 4.01. The molecule has 0 saturated carbocycles. The largest absolute Gasteiger partial charge is 0.457 e. The van der Waals surface area contributed by atoms with E-state index in [1.54, 1.807) is 0 Å². The summed E-state index contributed by atoms with van der Waals surface area (Å²) in [5.74, 6) is 1.43. The number of halogens is 1. The molecule has 0 aliphatic heterocycles. The molecule has 0 heterocycles. The lowest BCUT2D eigenvalue weighted by Gasteiger charge is -2.16. The Balaban J connectivity index is 2.20. The molecule has 2 rings (SSSR count). The molecule has 0 aliphatic rings. The highest BCUT2D eigenvalue weighted by Gasteiger charge is 2.10. The molecule has 1 unspecified atom stereocenters. The Kier molecular flexibility index (Phi) is 5.79. The topological polar surface area (TPSA) is 41.5 Å². The number of hydrogen-bond donors (Lipinski definition) is 2. The lowest BCUT2D eigenvalue weighted by molar-refractivity contribution is 0.276. The van der Waals surface area contributed by atoms with Crippen LogP contribution in [0.5, 0.6) is 11.5 Å². The van der Waals surface area contributed by atoms with Crippen LogP contribution in [0.15, 0.2) is 46.9 Å². The number of benzene rings is 2. The van der Waals surface area contributed by atoms with Crippen molar-refractivity contribution < 1.29 is 9.84 Å². The van der Waals surface area contributed by atoms with E-state index in [0.29, 0.717) is 5.75 Å². The van der Waals surface area contributed by atoms with Gasteiger partial charge in [-0.2, -0.15) is 0 Å². The second kappa shape index (κ2) is 7.59. The van der Waals surface area contributed by atoms with Crippen molar-refractivity contribution in [3.8, 4) is 11.5 Å². The maximum atomic E-state index is 9.33. The van der Waals surface area contributed by atoms with Crippen LogP contribution in [0.1, 0.15) is 31.0 Å². The Hall–Kier alpha value is -1.36. The molecule has 2 aromatic rings. The van der Waals surface area contributed by atoms with Gasteiger partial charge in [0.15, 0.2) is 0 Å². The molecule has 0 spiro atoms. The highest BCUT2D eigenvalue weighted by Crippen LogP contribution is 2.31. The highest BCUT2D eigenvalue weighted by molar-refractivity contribution is 9.10. The summed E-state index contributed by atoms with van der Waals surface area (Å²) in [6, 6.07) is 13.7. The van der Waals surface area contributed by atoms with Crippen molar-refractivity contribution in [2.75, 3.05) is 6.54 Å². The standard InChI is InChI=1S/C17H20BrNO2/c1-3-19-12(2)15-9-8-14(10-16(15)18)21-17-7-5-4-6-13(17)11-20/h4-10,12,19-20H,3,11H2,1-2H3. The summed E-state index contributed by atoms with van der Waals surface area (Å²) in [7, 11) is 0. The summed E-state index contributed by atoms with van der Waals surface area (Å²) in [6.45, 7) is 5.11. The van der Waals surface area contributed by atoms with Gasteiger partial charge in [-0.25, -0.2) is 0 Å². The molecule has 1 atom stereocenters. The van der Waals surface area contributed by atoms with Crippen molar-refractivity contribution in [1.29, 1.82) is 0 Å². The monoisotopic (exact) mass is 349 g/mol. The fourth-order valence-electron chi connectivity index (χ4n) is 2.20. The van der Waals surface area contributed by atoms with Crippen LogP contribution >= 0.6 is 15.9 Å². The van der Waals surface area contributed by atoms with Gasteiger partial charge in [0, 0.05) is 16.1 Å². The van der Waals surface area contributed by atoms with Crippen LogP contribution in [0.2, 0.25) is 0 Å². The summed E-state index contributed by atoms with van der Waals surface area (Å²) in [4.78, 5) is 0. The molecule has 3 nitrogen and oxygen atoms in total. The third kappa shape index (κ3) is 4.06. The van der Waals surface area contributed by atoms with Crippen molar-refractivity contribution >= 4 is 15.9 Å². The normalized spacial score (nSPS) is 12.2. The minimum Gasteiger partial charge on any atom is -0.457 e. The number of ether oxygens (including phenoxy) is 1. The van der Waals surface area contributed by atoms with E-state index in [0.717, 1.165) is 22.3 Å². The molecule has 2 N–H and O–H groups in total. The van der Waals surface area contributed by atoms with Crippen molar-refractivity contribution in [3.63, 3.8) is 0 Å². The van der Waals surface area contributed by atoms with Gasteiger partial charge in [-0.3, -0.25) is 0 Å². The van der Waals surface area contributed by atoms with Gasteiger partial charge >= 0.3 is 0 Å². The summed E-state index contributed by atoms with van der Waals surface area (Å²) in [5, 5.41) is 12.7. The zero-order valence-corrected chi connectivity index (χ0v) is 13.9. The van der Waals surface area contributed by atoms with E-state index in [2.05, 4.69) is 35.1 Å². The molecular weight excluding hydrogens is 330 g/mol. The number of para-hydroxylation sites is 1. The first kappa shape index (κ1) is 16.0. The first-order valence-electron chi connectivity index (χ1n) is 7.05. The fraction of sp³-hybridized carbons (Fsp3) is 0.294. The van der Waals surface area contributed by atoms with Crippen molar-refractivity contribution in [1.82, 2.24) is 5.32 Å².